The molecule has 1 saturated heterocycles. The second-order valence-electron chi connectivity index (χ2n) is 5.64. The van der Waals surface area contributed by atoms with Gasteiger partial charge in [-0.1, -0.05) is 11.6 Å². The van der Waals surface area contributed by atoms with E-state index in [2.05, 4.69) is 5.32 Å². The molecule has 1 aromatic carbocycles. The number of nitrogens with zero attached hydrogens (tertiary/aromatic N) is 1. The van der Waals surface area contributed by atoms with Gasteiger partial charge in [-0.25, -0.2) is 4.79 Å². The summed E-state index contributed by atoms with van der Waals surface area (Å²) in [6.07, 6.45) is -4.17. The molecule has 1 aromatic rings. The molecule has 0 unspecified atom stereocenters. The topological polar surface area (TPSA) is 58.6 Å². The highest BCUT2D eigenvalue weighted by molar-refractivity contribution is 6.31. The number of rotatable bonds is 3. The van der Waals surface area contributed by atoms with Crippen LogP contribution in [-0.2, 0) is 15.7 Å². The van der Waals surface area contributed by atoms with Crippen molar-refractivity contribution in [3.63, 3.8) is 0 Å². The summed E-state index contributed by atoms with van der Waals surface area (Å²) in [6.45, 7) is 2.72. The van der Waals surface area contributed by atoms with Crippen LogP contribution in [0.2, 0.25) is 5.02 Å². The fourth-order valence-electron chi connectivity index (χ4n) is 2.60. The molecule has 0 aliphatic carbocycles. The van der Waals surface area contributed by atoms with Crippen LogP contribution in [0.3, 0.4) is 0 Å². The molecular formula is C16H18ClF3N2O3. The van der Waals surface area contributed by atoms with Crippen LogP contribution in [0.15, 0.2) is 18.2 Å². The van der Waals surface area contributed by atoms with E-state index in [0.29, 0.717) is 25.9 Å². The van der Waals surface area contributed by atoms with Gasteiger partial charge >= 0.3 is 12.3 Å². The third-order valence-electron chi connectivity index (χ3n) is 3.93. The number of ether oxygens (including phenoxy) is 1. The highest BCUT2D eigenvalue weighted by atomic mass is 35.5. The van der Waals surface area contributed by atoms with Gasteiger partial charge in [-0.3, -0.25) is 4.79 Å². The molecule has 1 heterocycles. The van der Waals surface area contributed by atoms with E-state index in [1.54, 1.807) is 6.92 Å². The number of alkyl halides is 3. The second kappa shape index (κ2) is 7.95. The summed E-state index contributed by atoms with van der Waals surface area (Å²) >= 11 is 5.56. The number of piperidine rings is 1. The predicted octanol–water partition coefficient (Wildman–Crippen LogP) is 4.17. The fraction of sp³-hybridized carbons (Fsp3) is 0.500. The normalized spacial score (nSPS) is 15.8. The Kier molecular flexibility index (Phi) is 6.16. The SMILES string of the molecule is CCOC(=O)N1CCC(C(=O)Nc2ccc(Cl)c(C(F)(F)F)c2)CC1. The van der Waals surface area contributed by atoms with Crippen molar-refractivity contribution in [3.8, 4) is 0 Å². The molecule has 0 atom stereocenters. The van der Waals surface area contributed by atoms with Gasteiger partial charge in [-0.2, -0.15) is 13.2 Å². The van der Waals surface area contributed by atoms with Crippen molar-refractivity contribution in [1.29, 1.82) is 0 Å². The number of amides is 2. The van der Waals surface area contributed by atoms with Crippen LogP contribution in [0, 0.1) is 5.92 Å². The molecule has 0 bridgehead atoms. The minimum atomic E-state index is -4.59. The van der Waals surface area contributed by atoms with Gasteiger partial charge in [0.2, 0.25) is 5.91 Å². The quantitative estimate of drug-likeness (QED) is 0.859. The van der Waals surface area contributed by atoms with E-state index in [-0.39, 0.29) is 24.1 Å². The monoisotopic (exact) mass is 378 g/mol. The molecule has 1 fully saturated rings. The predicted molar refractivity (Wildman–Crippen MR) is 86.4 cm³/mol. The van der Waals surface area contributed by atoms with Crippen molar-refractivity contribution in [2.45, 2.75) is 25.9 Å². The van der Waals surface area contributed by atoms with Crippen LogP contribution >= 0.6 is 11.6 Å². The summed E-state index contributed by atoms with van der Waals surface area (Å²) < 4.78 is 43.5. The molecule has 0 saturated carbocycles. The lowest BCUT2D eigenvalue weighted by molar-refractivity contribution is -0.137. The summed E-state index contributed by atoms with van der Waals surface area (Å²) in [7, 11) is 0. The van der Waals surface area contributed by atoms with Crippen molar-refractivity contribution < 1.29 is 27.5 Å². The molecule has 25 heavy (non-hydrogen) atoms. The van der Waals surface area contributed by atoms with Crippen LogP contribution in [-0.4, -0.2) is 36.6 Å². The molecule has 138 valence electrons. The molecule has 0 radical (unpaired) electrons. The highest BCUT2D eigenvalue weighted by Crippen LogP contribution is 2.36. The number of benzene rings is 1. The van der Waals surface area contributed by atoms with Crippen LogP contribution in [0.25, 0.3) is 0 Å². The third-order valence-corrected chi connectivity index (χ3v) is 4.26. The van der Waals surface area contributed by atoms with E-state index in [1.165, 1.54) is 11.0 Å². The summed E-state index contributed by atoms with van der Waals surface area (Å²) in [6, 6.07) is 3.24. The van der Waals surface area contributed by atoms with E-state index in [9.17, 15) is 22.8 Å². The summed E-state index contributed by atoms with van der Waals surface area (Å²) in [5.41, 5.74) is -0.960. The van der Waals surface area contributed by atoms with Crippen LogP contribution in [0.4, 0.5) is 23.7 Å². The summed E-state index contributed by atoms with van der Waals surface area (Å²) in [4.78, 5) is 25.4. The summed E-state index contributed by atoms with van der Waals surface area (Å²) in [5, 5.41) is 2.07. The van der Waals surface area contributed by atoms with Gasteiger partial charge in [0.25, 0.3) is 0 Å². The van der Waals surface area contributed by atoms with Crippen molar-refractivity contribution in [2.24, 2.45) is 5.92 Å². The Bertz CT molecular complexity index is 644. The van der Waals surface area contributed by atoms with Gasteiger partial charge in [-0.05, 0) is 38.0 Å². The van der Waals surface area contributed by atoms with Crippen molar-refractivity contribution in [1.82, 2.24) is 4.90 Å². The Morgan fingerprint density at radius 2 is 1.96 bits per heavy atom. The minimum absolute atomic E-state index is 0.0366. The molecule has 9 heteroatoms. The smallest absolute Gasteiger partial charge is 0.417 e. The number of likely N-dealkylation sites (tertiary alicyclic amines) is 1. The zero-order valence-electron chi connectivity index (χ0n) is 13.5. The molecule has 0 aromatic heterocycles. The molecular weight excluding hydrogens is 361 g/mol. The lowest BCUT2D eigenvalue weighted by Crippen LogP contribution is -2.41. The Hall–Kier alpha value is -1.96. The first-order valence-corrected chi connectivity index (χ1v) is 8.19. The highest BCUT2D eigenvalue weighted by Gasteiger charge is 2.34. The Morgan fingerprint density at radius 3 is 2.52 bits per heavy atom. The van der Waals surface area contributed by atoms with Gasteiger partial charge < -0.3 is 15.0 Å². The molecule has 1 N–H and O–H groups in total. The first-order valence-electron chi connectivity index (χ1n) is 7.81. The lowest BCUT2D eigenvalue weighted by atomic mass is 9.96. The Balaban J connectivity index is 1.96. The van der Waals surface area contributed by atoms with Gasteiger partial charge in [0.1, 0.15) is 0 Å². The van der Waals surface area contributed by atoms with E-state index in [4.69, 9.17) is 16.3 Å². The van der Waals surface area contributed by atoms with Crippen molar-refractivity contribution >= 4 is 29.3 Å². The molecule has 5 nitrogen and oxygen atoms in total. The average molecular weight is 379 g/mol. The first kappa shape index (κ1) is 19.4. The van der Waals surface area contributed by atoms with E-state index in [1.807, 2.05) is 0 Å². The zero-order chi connectivity index (χ0) is 18.6. The Labute approximate surface area is 148 Å². The maximum atomic E-state index is 12.9. The van der Waals surface area contributed by atoms with Gasteiger partial charge in [0, 0.05) is 24.7 Å². The van der Waals surface area contributed by atoms with E-state index >= 15 is 0 Å². The minimum Gasteiger partial charge on any atom is -0.450 e. The van der Waals surface area contributed by atoms with Crippen molar-refractivity contribution in [3.05, 3.63) is 28.8 Å². The average Bonchev–Trinajstić information content (AvgIpc) is 2.56. The van der Waals surface area contributed by atoms with E-state index < -0.39 is 22.9 Å². The molecule has 1 aliphatic rings. The first-order chi connectivity index (χ1) is 11.7. The van der Waals surface area contributed by atoms with E-state index in [0.717, 1.165) is 12.1 Å². The van der Waals surface area contributed by atoms with Crippen LogP contribution in [0.5, 0.6) is 0 Å². The molecule has 2 amide bonds. The second-order valence-corrected chi connectivity index (χ2v) is 6.05. The molecule has 0 spiro atoms. The van der Waals surface area contributed by atoms with Crippen LogP contribution in [0.1, 0.15) is 25.3 Å². The molecule has 2 rings (SSSR count). The number of halogens is 4. The third kappa shape index (κ3) is 5.01. The zero-order valence-corrected chi connectivity index (χ0v) is 14.3. The molecule has 1 aliphatic heterocycles. The van der Waals surface area contributed by atoms with Crippen molar-refractivity contribution in [2.75, 3.05) is 25.0 Å². The number of nitrogens with one attached hydrogen (secondary N) is 1. The van der Waals surface area contributed by atoms with Gasteiger partial charge in [0.05, 0.1) is 17.2 Å². The number of carbonyl (C=O) groups is 2. The number of hydrogen-bond acceptors (Lipinski definition) is 3. The fourth-order valence-corrected chi connectivity index (χ4v) is 2.83. The number of carbonyl (C=O) groups excluding carboxylic acids is 2. The maximum absolute atomic E-state index is 12.9. The summed E-state index contributed by atoms with van der Waals surface area (Å²) in [5.74, 6) is -0.755. The number of anilines is 1. The maximum Gasteiger partial charge on any atom is 0.417 e. The standard InChI is InChI=1S/C16H18ClF3N2O3/c1-2-25-15(24)22-7-5-10(6-8-22)14(23)21-11-3-4-13(17)12(9-11)16(18,19)20/h3-4,9-10H,2,5-8H2,1H3,(H,21,23). The van der Waals surface area contributed by atoms with Crippen LogP contribution < -0.4 is 5.32 Å². The largest absolute Gasteiger partial charge is 0.450 e. The lowest BCUT2D eigenvalue weighted by Gasteiger charge is -2.30. The van der Waals surface area contributed by atoms with Gasteiger partial charge in [-0.15, -0.1) is 0 Å². The Morgan fingerprint density at radius 1 is 1.32 bits per heavy atom. The number of hydrogen-bond donors (Lipinski definition) is 1. The van der Waals surface area contributed by atoms with Gasteiger partial charge in [0.15, 0.2) is 0 Å².